The fourth-order valence-electron chi connectivity index (χ4n) is 3.48. The minimum Gasteiger partial charge on any atom is -0.376 e. The van der Waals surface area contributed by atoms with Gasteiger partial charge in [0.2, 0.25) is 0 Å². The van der Waals surface area contributed by atoms with Crippen LogP contribution in [-0.2, 0) is 38.0 Å². The van der Waals surface area contributed by atoms with Crippen molar-refractivity contribution >= 4 is 0 Å². The first-order chi connectivity index (χ1) is 12.8. The Hall–Kier alpha value is -2.51. The molecule has 0 aromatic carbocycles. The van der Waals surface area contributed by atoms with E-state index in [0.717, 1.165) is 31.7 Å². The minimum atomic E-state index is 0.393. The second-order valence-corrected chi connectivity index (χ2v) is 6.94. The van der Waals surface area contributed by atoms with Gasteiger partial charge in [-0.1, -0.05) is 6.07 Å². The van der Waals surface area contributed by atoms with Crippen LogP contribution in [0.4, 0.5) is 0 Å². The van der Waals surface area contributed by atoms with Gasteiger partial charge in [0.25, 0.3) is 0 Å². The fourth-order valence-corrected chi connectivity index (χ4v) is 3.48. The minimum absolute atomic E-state index is 0.393. The Balaban J connectivity index is 1.40. The van der Waals surface area contributed by atoms with E-state index in [1.807, 2.05) is 42.5 Å². The summed E-state index contributed by atoms with van der Waals surface area (Å²) >= 11 is 0. The van der Waals surface area contributed by atoms with Crippen LogP contribution in [-0.4, -0.2) is 42.6 Å². The van der Waals surface area contributed by atoms with Gasteiger partial charge in [-0.3, -0.25) is 19.2 Å². The molecule has 4 heterocycles. The molecule has 0 amide bonds. The summed E-state index contributed by atoms with van der Waals surface area (Å²) in [6.07, 6.45) is 9.54. The summed E-state index contributed by atoms with van der Waals surface area (Å²) < 4.78 is 9.95. The highest BCUT2D eigenvalue weighted by Gasteiger charge is 2.23. The summed E-state index contributed by atoms with van der Waals surface area (Å²) in [5.74, 6) is 0.393. The molecule has 1 aliphatic heterocycles. The van der Waals surface area contributed by atoms with Crippen molar-refractivity contribution in [3.63, 3.8) is 0 Å². The SMILES string of the molecule is Cn1cc(CN2Cc3ccnn3C[C@@H](COCc3cccnc3)C2)cn1. The van der Waals surface area contributed by atoms with E-state index < -0.39 is 0 Å². The Kier molecular flexibility index (Phi) is 5.08. The lowest BCUT2D eigenvalue weighted by molar-refractivity contribution is 0.0655. The fraction of sp³-hybridized carbons (Fsp3) is 0.421. The number of rotatable bonds is 6. The quantitative estimate of drug-likeness (QED) is 0.678. The number of aryl methyl sites for hydroxylation is 1. The van der Waals surface area contributed by atoms with E-state index in [-0.39, 0.29) is 0 Å². The van der Waals surface area contributed by atoms with Crippen LogP contribution >= 0.6 is 0 Å². The number of nitrogens with zero attached hydrogens (tertiary/aromatic N) is 6. The standard InChI is InChI=1S/C19H24N6O/c1-23-9-17(8-22-23)10-24-11-18(12-25-19(13-24)4-6-21-25)15-26-14-16-3-2-5-20-7-16/h2-9,18H,10-15H2,1H3/t18-/m0/s1. The van der Waals surface area contributed by atoms with E-state index >= 15 is 0 Å². The molecule has 1 atom stereocenters. The van der Waals surface area contributed by atoms with Crippen LogP contribution in [0, 0.1) is 5.92 Å². The number of pyridine rings is 1. The third-order valence-corrected chi connectivity index (χ3v) is 4.65. The van der Waals surface area contributed by atoms with Gasteiger partial charge in [-0.15, -0.1) is 0 Å². The summed E-state index contributed by atoms with van der Waals surface area (Å²) in [7, 11) is 1.95. The molecule has 136 valence electrons. The average Bonchev–Trinajstić information content (AvgIpc) is 3.21. The van der Waals surface area contributed by atoms with Gasteiger partial charge < -0.3 is 4.74 Å². The Bertz CT molecular complexity index is 827. The summed E-state index contributed by atoms with van der Waals surface area (Å²) in [6.45, 7) is 4.95. The van der Waals surface area contributed by atoms with Crippen LogP contribution in [0.1, 0.15) is 16.8 Å². The van der Waals surface area contributed by atoms with Gasteiger partial charge in [-0.2, -0.15) is 10.2 Å². The molecule has 0 aliphatic carbocycles. The number of ether oxygens (including phenoxy) is 1. The van der Waals surface area contributed by atoms with Crippen LogP contribution in [0.3, 0.4) is 0 Å². The predicted octanol–water partition coefficient (Wildman–Crippen LogP) is 1.86. The highest BCUT2D eigenvalue weighted by atomic mass is 16.5. The predicted molar refractivity (Wildman–Crippen MR) is 96.9 cm³/mol. The molecule has 0 N–H and O–H groups in total. The summed E-state index contributed by atoms with van der Waals surface area (Å²) in [5.41, 5.74) is 3.59. The van der Waals surface area contributed by atoms with Crippen molar-refractivity contribution in [2.75, 3.05) is 13.2 Å². The molecule has 0 saturated carbocycles. The van der Waals surface area contributed by atoms with Crippen molar-refractivity contribution in [3.05, 3.63) is 66.0 Å². The zero-order chi connectivity index (χ0) is 17.8. The normalized spacial score (nSPS) is 17.8. The lowest BCUT2D eigenvalue weighted by Gasteiger charge is -2.23. The van der Waals surface area contributed by atoms with Crippen LogP contribution < -0.4 is 0 Å². The molecule has 3 aromatic heterocycles. The highest BCUT2D eigenvalue weighted by molar-refractivity contribution is 5.08. The first-order valence-corrected chi connectivity index (χ1v) is 8.93. The summed E-state index contributed by atoms with van der Waals surface area (Å²) in [6, 6.07) is 6.09. The van der Waals surface area contributed by atoms with Gasteiger partial charge in [-0.05, 0) is 17.7 Å². The summed E-state index contributed by atoms with van der Waals surface area (Å²) in [4.78, 5) is 6.59. The highest BCUT2D eigenvalue weighted by Crippen LogP contribution is 2.18. The molecule has 7 nitrogen and oxygen atoms in total. The number of hydrogen-bond donors (Lipinski definition) is 0. The topological polar surface area (TPSA) is 61.0 Å². The largest absolute Gasteiger partial charge is 0.376 e. The number of fused-ring (bicyclic) bond motifs is 1. The van der Waals surface area contributed by atoms with Gasteiger partial charge in [0.05, 0.1) is 25.1 Å². The molecule has 4 rings (SSSR count). The van der Waals surface area contributed by atoms with E-state index in [4.69, 9.17) is 4.74 Å². The second-order valence-electron chi connectivity index (χ2n) is 6.94. The van der Waals surface area contributed by atoms with Gasteiger partial charge in [0.1, 0.15) is 0 Å². The zero-order valence-electron chi connectivity index (χ0n) is 15.0. The molecule has 0 fully saturated rings. The molecule has 26 heavy (non-hydrogen) atoms. The van der Waals surface area contributed by atoms with Crippen LogP contribution in [0.5, 0.6) is 0 Å². The van der Waals surface area contributed by atoms with Gasteiger partial charge >= 0.3 is 0 Å². The summed E-state index contributed by atoms with van der Waals surface area (Å²) in [5, 5.41) is 8.77. The molecule has 0 bridgehead atoms. The van der Waals surface area contributed by atoms with E-state index in [0.29, 0.717) is 19.1 Å². The van der Waals surface area contributed by atoms with E-state index in [1.165, 1.54) is 11.3 Å². The number of aromatic nitrogens is 5. The smallest absolute Gasteiger partial charge is 0.0731 e. The third kappa shape index (κ3) is 4.17. The van der Waals surface area contributed by atoms with Crippen molar-refractivity contribution < 1.29 is 4.74 Å². The van der Waals surface area contributed by atoms with Crippen molar-refractivity contribution in [2.24, 2.45) is 13.0 Å². The maximum absolute atomic E-state index is 5.98. The molecular weight excluding hydrogens is 328 g/mol. The maximum atomic E-state index is 5.98. The Morgan fingerprint density at radius 1 is 1.12 bits per heavy atom. The lowest BCUT2D eigenvalue weighted by atomic mass is 10.1. The Labute approximate surface area is 153 Å². The van der Waals surface area contributed by atoms with Gasteiger partial charge in [-0.25, -0.2) is 0 Å². The molecular formula is C19H24N6O. The van der Waals surface area contributed by atoms with E-state index in [9.17, 15) is 0 Å². The van der Waals surface area contributed by atoms with E-state index in [2.05, 4.69) is 37.0 Å². The molecule has 0 spiro atoms. The molecule has 0 radical (unpaired) electrons. The molecule has 1 aliphatic rings. The second kappa shape index (κ2) is 7.80. The molecule has 0 unspecified atom stereocenters. The Morgan fingerprint density at radius 3 is 2.88 bits per heavy atom. The monoisotopic (exact) mass is 352 g/mol. The van der Waals surface area contributed by atoms with Crippen LogP contribution in [0.25, 0.3) is 0 Å². The molecule has 3 aromatic rings. The first kappa shape index (κ1) is 16.9. The lowest BCUT2D eigenvalue weighted by Crippen LogP contribution is -2.30. The number of hydrogen-bond acceptors (Lipinski definition) is 5. The Morgan fingerprint density at radius 2 is 2.08 bits per heavy atom. The van der Waals surface area contributed by atoms with Crippen molar-refractivity contribution in [1.29, 1.82) is 0 Å². The van der Waals surface area contributed by atoms with Crippen LogP contribution in [0.2, 0.25) is 0 Å². The maximum Gasteiger partial charge on any atom is 0.0731 e. The average molecular weight is 352 g/mol. The first-order valence-electron chi connectivity index (χ1n) is 8.93. The van der Waals surface area contributed by atoms with Gasteiger partial charge in [0, 0.05) is 69.5 Å². The van der Waals surface area contributed by atoms with Crippen molar-refractivity contribution in [1.82, 2.24) is 29.4 Å². The van der Waals surface area contributed by atoms with Crippen LogP contribution in [0.15, 0.2) is 49.2 Å². The zero-order valence-corrected chi connectivity index (χ0v) is 15.0. The van der Waals surface area contributed by atoms with Crippen molar-refractivity contribution in [2.45, 2.75) is 26.2 Å². The van der Waals surface area contributed by atoms with E-state index in [1.54, 1.807) is 6.20 Å². The third-order valence-electron chi connectivity index (χ3n) is 4.65. The molecule has 7 heteroatoms. The van der Waals surface area contributed by atoms with Crippen molar-refractivity contribution in [3.8, 4) is 0 Å². The van der Waals surface area contributed by atoms with Gasteiger partial charge in [0.15, 0.2) is 0 Å². The molecule has 0 saturated heterocycles.